The number of likely N-dealkylation sites (N-methyl/N-ethyl adjacent to an activating group) is 1. The summed E-state index contributed by atoms with van der Waals surface area (Å²) in [7, 11) is -2.84. The number of benzene rings is 1. The summed E-state index contributed by atoms with van der Waals surface area (Å²) in [6, 6.07) is 3.90. The molecule has 1 N–H and O–H groups in total. The third-order valence-corrected chi connectivity index (χ3v) is 6.82. The molecule has 0 aliphatic carbocycles. The standard InChI is InChI=1S/C15H13N3O6S2/c1-8-5-9(18(21)22)3-4-11(8)16-14(19)13-10-6-25-7-12(10)26(23,24)17(2)15(13)20/h3-7,13H,1-2H3,(H,16,19). The van der Waals surface area contributed by atoms with Gasteiger partial charge in [-0.3, -0.25) is 19.7 Å². The van der Waals surface area contributed by atoms with Crippen LogP contribution in [0.15, 0.2) is 33.9 Å². The van der Waals surface area contributed by atoms with Crippen molar-refractivity contribution in [2.75, 3.05) is 12.4 Å². The second kappa shape index (κ2) is 6.18. The molecule has 0 fully saturated rings. The second-order valence-corrected chi connectivity index (χ2v) is 8.36. The Balaban J connectivity index is 1.96. The molecule has 2 aromatic rings. The molecule has 0 radical (unpaired) electrons. The highest BCUT2D eigenvalue weighted by Gasteiger charge is 2.45. The van der Waals surface area contributed by atoms with E-state index < -0.39 is 32.7 Å². The number of hydrogen-bond donors (Lipinski definition) is 1. The fourth-order valence-electron chi connectivity index (χ4n) is 2.66. The average molecular weight is 395 g/mol. The third-order valence-electron chi connectivity index (χ3n) is 4.10. The molecule has 0 bridgehead atoms. The number of sulfonamides is 1. The lowest BCUT2D eigenvalue weighted by atomic mass is 9.99. The fraction of sp³-hybridized carbons (Fsp3) is 0.200. The Labute approximate surface area is 152 Å². The Morgan fingerprint density at radius 2 is 2.04 bits per heavy atom. The summed E-state index contributed by atoms with van der Waals surface area (Å²) in [6.45, 7) is 1.58. The van der Waals surface area contributed by atoms with Crippen molar-refractivity contribution in [1.82, 2.24) is 4.31 Å². The Morgan fingerprint density at radius 3 is 2.65 bits per heavy atom. The molecule has 1 aromatic heterocycles. The topological polar surface area (TPSA) is 127 Å². The molecule has 2 amide bonds. The smallest absolute Gasteiger partial charge is 0.269 e. The monoisotopic (exact) mass is 395 g/mol. The van der Waals surface area contributed by atoms with E-state index in [0.717, 1.165) is 18.4 Å². The van der Waals surface area contributed by atoms with Crippen LogP contribution < -0.4 is 5.32 Å². The number of anilines is 1. The molecule has 1 atom stereocenters. The van der Waals surface area contributed by atoms with Crippen LogP contribution in [-0.2, 0) is 19.6 Å². The van der Waals surface area contributed by atoms with Gasteiger partial charge in [0.15, 0.2) is 0 Å². The molecule has 3 rings (SSSR count). The summed E-state index contributed by atoms with van der Waals surface area (Å²) in [5.41, 5.74) is 0.763. The zero-order chi connectivity index (χ0) is 19.2. The van der Waals surface area contributed by atoms with Gasteiger partial charge in [-0.25, -0.2) is 12.7 Å². The van der Waals surface area contributed by atoms with Crippen molar-refractivity contribution in [1.29, 1.82) is 0 Å². The molecule has 0 saturated carbocycles. The quantitative estimate of drug-likeness (QED) is 0.480. The van der Waals surface area contributed by atoms with E-state index in [4.69, 9.17) is 0 Å². The van der Waals surface area contributed by atoms with Gasteiger partial charge in [0.2, 0.25) is 5.91 Å². The van der Waals surface area contributed by atoms with Crippen LogP contribution in [0.2, 0.25) is 0 Å². The van der Waals surface area contributed by atoms with Gasteiger partial charge in [0.05, 0.1) is 4.92 Å². The van der Waals surface area contributed by atoms with Crippen LogP contribution in [0.5, 0.6) is 0 Å². The molecular weight excluding hydrogens is 382 g/mol. The van der Waals surface area contributed by atoms with Crippen LogP contribution in [-0.4, -0.2) is 36.5 Å². The van der Waals surface area contributed by atoms with E-state index in [-0.39, 0.29) is 16.1 Å². The number of fused-ring (bicyclic) bond motifs is 1. The number of hydrogen-bond acceptors (Lipinski definition) is 7. The largest absolute Gasteiger partial charge is 0.325 e. The lowest BCUT2D eigenvalue weighted by Gasteiger charge is -2.28. The number of nitro benzene ring substituents is 1. The lowest BCUT2D eigenvalue weighted by molar-refractivity contribution is -0.384. The normalized spacial score (nSPS) is 18.3. The van der Waals surface area contributed by atoms with Gasteiger partial charge in [-0.2, -0.15) is 11.3 Å². The Hall–Kier alpha value is -2.79. The van der Waals surface area contributed by atoms with E-state index >= 15 is 0 Å². The number of nitro groups is 1. The first-order valence-electron chi connectivity index (χ1n) is 7.29. The van der Waals surface area contributed by atoms with Crippen molar-refractivity contribution in [3.63, 3.8) is 0 Å². The minimum absolute atomic E-state index is 0.0647. The maximum Gasteiger partial charge on any atom is 0.269 e. The number of carbonyl (C=O) groups excluding carboxylic acids is 2. The van der Waals surface area contributed by atoms with Crippen molar-refractivity contribution in [2.45, 2.75) is 17.7 Å². The highest BCUT2D eigenvalue weighted by atomic mass is 32.2. The third kappa shape index (κ3) is 2.74. The molecule has 1 aliphatic heterocycles. The zero-order valence-corrected chi connectivity index (χ0v) is 15.3. The molecule has 1 aliphatic rings. The van der Waals surface area contributed by atoms with E-state index in [2.05, 4.69) is 5.32 Å². The summed E-state index contributed by atoms with van der Waals surface area (Å²) in [4.78, 5) is 35.3. The highest BCUT2D eigenvalue weighted by Crippen LogP contribution is 2.37. The van der Waals surface area contributed by atoms with E-state index in [1.807, 2.05) is 0 Å². The van der Waals surface area contributed by atoms with Crippen LogP contribution in [0, 0.1) is 17.0 Å². The first kappa shape index (κ1) is 18.0. The predicted octanol–water partition coefficient (Wildman–Crippen LogP) is 1.85. The molecule has 136 valence electrons. The number of nitrogens with one attached hydrogen (secondary N) is 1. The maximum atomic E-state index is 12.7. The van der Waals surface area contributed by atoms with E-state index in [1.165, 1.54) is 29.0 Å². The van der Waals surface area contributed by atoms with Crippen LogP contribution in [0.1, 0.15) is 17.0 Å². The maximum absolute atomic E-state index is 12.7. The number of nitrogens with zero attached hydrogens (tertiary/aromatic N) is 2. The van der Waals surface area contributed by atoms with Gasteiger partial charge in [-0.1, -0.05) is 0 Å². The summed E-state index contributed by atoms with van der Waals surface area (Å²) in [5, 5.41) is 16.2. The first-order valence-corrected chi connectivity index (χ1v) is 9.67. The van der Waals surface area contributed by atoms with E-state index in [1.54, 1.807) is 6.92 Å². The molecule has 26 heavy (non-hydrogen) atoms. The van der Waals surface area contributed by atoms with Gasteiger partial charge in [0, 0.05) is 35.8 Å². The zero-order valence-electron chi connectivity index (χ0n) is 13.6. The number of non-ortho nitro benzene ring substituents is 1. The van der Waals surface area contributed by atoms with Crippen molar-refractivity contribution in [2.24, 2.45) is 0 Å². The predicted molar refractivity (Wildman–Crippen MR) is 93.5 cm³/mol. The second-order valence-electron chi connectivity index (χ2n) is 5.68. The van der Waals surface area contributed by atoms with Crippen molar-refractivity contribution < 1.29 is 22.9 Å². The van der Waals surface area contributed by atoms with Crippen molar-refractivity contribution >= 4 is 44.5 Å². The molecule has 9 nitrogen and oxygen atoms in total. The molecule has 2 heterocycles. The molecule has 0 saturated heterocycles. The Kier molecular flexibility index (Phi) is 4.28. The van der Waals surface area contributed by atoms with Crippen LogP contribution >= 0.6 is 11.3 Å². The van der Waals surface area contributed by atoms with Gasteiger partial charge in [0.1, 0.15) is 10.8 Å². The highest BCUT2D eigenvalue weighted by molar-refractivity contribution is 7.90. The van der Waals surface area contributed by atoms with E-state index in [0.29, 0.717) is 15.6 Å². The molecular formula is C15H13N3O6S2. The molecule has 1 aromatic carbocycles. The van der Waals surface area contributed by atoms with Gasteiger partial charge in [0.25, 0.3) is 21.6 Å². The summed E-state index contributed by atoms with van der Waals surface area (Å²) in [6.07, 6.45) is 0. The Bertz CT molecular complexity index is 1040. The van der Waals surface area contributed by atoms with Gasteiger partial charge >= 0.3 is 0 Å². The number of aryl methyl sites for hydroxylation is 1. The number of thiophene rings is 1. The molecule has 0 spiro atoms. The molecule has 11 heteroatoms. The van der Waals surface area contributed by atoms with Crippen LogP contribution in [0.4, 0.5) is 11.4 Å². The van der Waals surface area contributed by atoms with E-state index in [9.17, 15) is 28.1 Å². The lowest BCUT2D eigenvalue weighted by Crippen LogP contribution is -2.45. The number of amides is 2. The van der Waals surface area contributed by atoms with Gasteiger partial charge in [-0.05, 0) is 23.9 Å². The minimum Gasteiger partial charge on any atom is -0.325 e. The summed E-state index contributed by atoms with van der Waals surface area (Å²) < 4.78 is 25.1. The summed E-state index contributed by atoms with van der Waals surface area (Å²) >= 11 is 1.08. The number of rotatable bonds is 3. The first-order chi connectivity index (χ1) is 12.1. The van der Waals surface area contributed by atoms with Gasteiger partial charge in [-0.15, -0.1) is 0 Å². The molecule has 1 unspecified atom stereocenters. The van der Waals surface area contributed by atoms with Crippen molar-refractivity contribution in [3.8, 4) is 0 Å². The minimum atomic E-state index is -3.95. The Morgan fingerprint density at radius 1 is 1.35 bits per heavy atom. The SMILES string of the molecule is Cc1cc([N+](=O)[O-])ccc1NC(=O)C1C(=O)N(C)S(=O)(=O)c2cscc21. The fourth-order valence-corrected chi connectivity index (χ4v) is 5.23. The average Bonchev–Trinajstić information content (AvgIpc) is 3.05. The number of carbonyl (C=O) groups is 2. The van der Waals surface area contributed by atoms with Gasteiger partial charge < -0.3 is 5.32 Å². The van der Waals surface area contributed by atoms with Crippen LogP contribution in [0.25, 0.3) is 0 Å². The summed E-state index contributed by atoms with van der Waals surface area (Å²) in [5.74, 6) is -2.86. The van der Waals surface area contributed by atoms with Crippen molar-refractivity contribution in [3.05, 3.63) is 50.2 Å². The van der Waals surface area contributed by atoms with Crippen LogP contribution in [0.3, 0.4) is 0 Å².